The van der Waals surface area contributed by atoms with Crippen molar-refractivity contribution in [3.05, 3.63) is 18.3 Å². The summed E-state index contributed by atoms with van der Waals surface area (Å²) in [6.07, 6.45) is 5.37. The molecule has 0 amide bonds. The van der Waals surface area contributed by atoms with Crippen LogP contribution in [-0.4, -0.2) is 47.7 Å². The van der Waals surface area contributed by atoms with Crippen molar-refractivity contribution in [1.29, 1.82) is 0 Å². The van der Waals surface area contributed by atoms with Gasteiger partial charge in [-0.3, -0.25) is 15.6 Å². The number of aromatic nitrogens is 1. The summed E-state index contributed by atoms with van der Waals surface area (Å²) in [6, 6.07) is 3.56. The molecule has 2 heterocycles. The second-order valence-electron chi connectivity index (χ2n) is 4.14. The summed E-state index contributed by atoms with van der Waals surface area (Å²) < 4.78 is 5.56. The molecule has 0 aliphatic carbocycles. The number of aliphatic imine (C=N–C) groups is 1. The third-order valence-electron chi connectivity index (χ3n) is 2.85. The van der Waals surface area contributed by atoms with Gasteiger partial charge in [-0.15, -0.1) is 0 Å². The van der Waals surface area contributed by atoms with E-state index in [2.05, 4.69) is 14.9 Å². The lowest BCUT2D eigenvalue weighted by atomic mass is 10.4. The summed E-state index contributed by atoms with van der Waals surface area (Å²) in [6.45, 7) is 3.97. The summed E-state index contributed by atoms with van der Waals surface area (Å²) in [5.41, 5.74) is 2.50. The molecule has 2 rings (SSSR count). The van der Waals surface area contributed by atoms with Crippen molar-refractivity contribution in [3.8, 4) is 5.88 Å². The maximum Gasteiger partial charge on any atom is 0.213 e. The number of ether oxygens (including phenoxy) is 1. The van der Waals surface area contributed by atoms with Crippen LogP contribution in [-0.2, 0) is 0 Å². The van der Waals surface area contributed by atoms with Crippen LogP contribution < -0.4 is 10.2 Å². The van der Waals surface area contributed by atoms with E-state index in [0.29, 0.717) is 18.2 Å². The van der Waals surface area contributed by atoms with E-state index in [9.17, 15) is 0 Å². The van der Waals surface area contributed by atoms with E-state index < -0.39 is 0 Å². The Morgan fingerprint density at radius 3 is 2.94 bits per heavy atom. The van der Waals surface area contributed by atoms with Crippen LogP contribution in [0.5, 0.6) is 5.88 Å². The van der Waals surface area contributed by atoms with Crippen LogP contribution in [0.15, 0.2) is 23.3 Å². The van der Waals surface area contributed by atoms with Crippen molar-refractivity contribution in [2.45, 2.75) is 12.8 Å². The average molecular weight is 250 g/mol. The molecular formula is C12H18N4O2. The lowest BCUT2D eigenvalue weighted by Crippen LogP contribution is -2.25. The van der Waals surface area contributed by atoms with Crippen molar-refractivity contribution in [3.63, 3.8) is 0 Å². The molecule has 0 spiro atoms. The minimum atomic E-state index is 0.602. The number of nitrogens with one attached hydrogen (secondary N) is 1. The Bertz CT molecular complexity index is 374. The van der Waals surface area contributed by atoms with Gasteiger partial charge in [-0.25, -0.2) is 9.98 Å². The van der Waals surface area contributed by atoms with Gasteiger partial charge in [0.15, 0.2) is 0 Å². The SMILES string of the molecule is ONC=Nc1ccc(OCCN2CCCC2)nc1. The van der Waals surface area contributed by atoms with Gasteiger partial charge in [0, 0.05) is 12.6 Å². The number of likely N-dealkylation sites (tertiary alicyclic amines) is 1. The fourth-order valence-electron chi connectivity index (χ4n) is 1.92. The topological polar surface area (TPSA) is 70.0 Å². The zero-order chi connectivity index (χ0) is 12.6. The maximum atomic E-state index is 8.35. The summed E-state index contributed by atoms with van der Waals surface area (Å²) >= 11 is 0. The van der Waals surface area contributed by atoms with Crippen LogP contribution in [0, 0.1) is 0 Å². The zero-order valence-electron chi connectivity index (χ0n) is 10.2. The largest absolute Gasteiger partial charge is 0.476 e. The average Bonchev–Trinajstić information content (AvgIpc) is 2.91. The van der Waals surface area contributed by atoms with Gasteiger partial charge in [-0.1, -0.05) is 0 Å². The molecule has 18 heavy (non-hydrogen) atoms. The number of pyridine rings is 1. The Morgan fingerprint density at radius 1 is 1.44 bits per heavy atom. The summed E-state index contributed by atoms with van der Waals surface area (Å²) in [4.78, 5) is 10.4. The molecule has 1 saturated heterocycles. The highest BCUT2D eigenvalue weighted by Gasteiger charge is 2.10. The lowest BCUT2D eigenvalue weighted by Gasteiger charge is -2.14. The van der Waals surface area contributed by atoms with Gasteiger partial charge in [0.1, 0.15) is 12.9 Å². The molecule has 6 heteroatoms. The highest BCUT2D eigenvalue weighted by atomic mass is 16.5. The third-order valence-corrected chi connectivity index (χ3v) is 2.85. The van der Waals surface area contributed by atoms with Gasteiger partial charge >= 0.3 is 0 Å². The fraction of sp³-hybridized carbons (Fsp3) is 0.500. The van der Waals surface area contributed by atoms with Gasteiger partial charge < -0.3 is 4.74 Å². The Hall–Kier alpha value is -1.66. The standard InChI is InChI=1S/C12H18N4O2/c17-15-10-14-11-3-4-12(13-9-11)18-8-7-16-5-1-2-6-16/h3-4,9-10,17H,1-2,5-8H2,(H,14,15). The second-order valence-corrected chi connectivity index (χ2v) is 4.14. The Morgan fingerprint density at radius 2 is 2.28 bits per heavy atom. The molecule has 2 N–H and O–H groups in total. The molecule has 98 valence electrons. The van der Waals surface area contributed by atoms with Crippen molar-refractivity contribution in [1.82, 2.24) is 15.4 Å². The number of hydrogen-bond donors (Lipinski definition) is 2. The summed E-state index contributed by atoms with van der Waals surface area (Å²) in [5, 5.41) is 8.35. The fourth-order valence-corrected chi connectivity index (χ4v) is 1.92. The van der Waals surface area contributed by atoms with Crippen LogP contribution in [0.2, 0.25) is 0 Å². The summed E-state index contributed by atoms with van der Waals surface area (Å²) in [7, 11) is 0. The monoisotopic (exact) mass is 250 g/mol. The molecule has 0 radical (unpaired) electrons. The van der Waals surface area contributed by atoms with Crippen LogP contribution in [0.1, 0.15) is 12.8 Å². The molecule has 1 fully saturated rings. The van der Waals surface area contributed by atoms with E-state index in [1.807, 2.05) is 5.48 Å². The minimum absolute atomic E-state index is 0.602. The van der Waals surface area contributed by atoms with Crippen molar-refractivity contribution in [2.75, 3.05) is 26.2 Å². The first-order chi connectivity index (χ1) is 8.88. The zero-order valence-corrected chi connectivity index (χ0v) is 10.2. The molecule has 1 aliphatic heterocycles. The Balaban J connectivity index is 1.73. The first kappa shape index (κ1) is 12.8. The summed E-state index contributed by atoms with van der Waals surface area (Å²) in [5.74, 6) is 0.602. The van der Waals surface area contributed by atoms with E-state index >= 15 is 0 Å². The van der Waals surface area contributed by atoms with Gasteiger partial charge in [-0.2, -0.15) is 0 Å². The smallest absolute Gasteiger partial charge is 0.213 e. The van der Waals surface area contributed by atoms with E-state index in [0.717, 1.165) is 6.54 Å². The Labute approximate surface area is 106 Å². The van der Waals surface area contributed by atoms with Crippen LogP contribution in [0.25, 0.3) is 0 Å². The molecule has 0 bridgehead atoms. The molecule has 0 unspecified atom stereocenters. The molecule has 1 aliphatic rings. The van der Waals surface area contributed by atoms with Gasteiger partial charge in [0.05, 0.1) is 11.9 Å². The van der Waals surface area contributed by atoms with Crippen molar-refractivity contribution < 1.29 is 9.94 Å². The third kappa shape index (κ3) is 3.97. The van der Waals surface area contributed by atoms with E-state index in [1.165, 1.54) is 32.3 Å². The predicted molar refractivity (Wildman–Crippen MR) is 68.5 cm³/mol. The van der Waals surface area contributed by atoms with E-state index in [4.69, 9.17) is 9.94 Å². The molecule has 1 aromatic rings. The molecule has 1 aromatic heterocycles. The number of rotatable bonds is 6. The van der Waals surface area contributed by atoms with Gasteiger partial charge in [0.2, 0.25) is 5.88 Å². The van der Waals surface area contributed by atoms with E-state index in [1.54, 1.807) is 18.3 Å². The molecular weight excluding hydrogens is 232 g/mol. The highest BCUT2D eigenvalue weighted by molar-refractivity contribution is 5.59. The number of nitrogens with zero attached hydrogens (tertiary/aromatic N) is 3. The minimum Gasteiger partial charge on any atom is -0.476 e. The van der Waals surface area contributed by atoms with Gasteiger partial charge in [-0.05, 0) is 32.0 Å². The molecule has 0 aromatic carbocycles. The highest BCUT2D eigenvalue weighted by Crippen LogP contribution is 2.14. The normalized spacial score (nSPS) is 16.3. The molecule has 0 atom stereocenters. The second kappa shape index (κ2) is 6.93. The van der Waals surface area contributed by atoms with Crippen LogP contribution >= 0.6 is 0 Å². The quantitative estimate of drug-likeness (QED) is 0.451. The first-order valence-electron chi connectivity index (χ1n) is 6.12. The molecule has 0 saturated carbocycles. The maximum absolute atomic E-state index is 8.35. The van der Waals surface area contributed by atoms with E-state index in [-0.39, 0.29) is 0 Å². The van der Waals surface area contributed by atoms with Crippen LogP contribution in [0.3, 0.4) is 0 Å². The van der Waals surface area contributed by atoms with Crippen molar-refractivity contribution in [2.24, 2.45) is 4.99 Å². The van der Waals surface area contributed by atoms with Crippen molar-refractivity contribution >= 4 is 12.0 Å². The predicted octanol–water partition coefficient (Wildman–Crippen LogP) is 1.19. The Kier molecular flexibility index (Phi) is 4.92. The first-order valence-corrected chi connectivity index (χ1v) is 6.12. The lowest BCUT2D eigenvalue weighted by molar-refractivity contribution is 0.232. The number of hydrogen-bond acceptors (Lipinski definition) is 5. The van der Waals surface area contributed by atoms with Gasteiger partial charge in [0.25, 0.3) is 0 Å². The van der Waals surface area contributed by atoms with Crippen LogP contribution in [0.4, 0.5) is 5.69 Å². The molecule has 6 nitrogen and oxygen atoms in total. The number of hydroxylamine groups is 1.